The van der Waals surface area contributed by atoms with Crippen LogP contribution in [-0.4, -0.2) is 24.2 Å². The summed E-state index contributed by atoms with van der Waals surface area (Å²) in [5.41, 5.74) is 2.08. The summed E-state index contributed by atoms with van der Waals surface area (Å²) in [6.45, 7) is 0. The highest BCUT2D eigenvalue weighted by Gasteiger charge is 2.31. The number of fused-ring (bicyclic) bond motifs is 1. The fourth-order valence-electron chi connectivity index (χ4n) is 2.40. The van der Waals surface area contributed by atoms with Crippen molar-refractivity contribution in [3.8, 4) is 0 Å². The smallest absolute Gasteiger partial charge is 0.339 e. The molecule has 5 heteroatoms. The van der Waals surface area contributed by atoms with E-state index in [9.17, 15) is 9.59 Å². The maximum absolute atomic E-state index is 12.3. The highest BCUT2D eigenvalue weighted by atomic mass is 32.2. The third-order valence-electron chi connectivity index (χ3n) is 3.52. The van der Waals surface area contributed by atoms with E-state index in [1.807, 2.05) is 42.7 Å². The Morgan fingerprint density at radius 2 is 2.05 bits per heavy atom. The topological polar surface area (TPSA) is 55.4 Å². The molecule has 1 aliphatic rings. The number of amides is 1. The summed E-state index contributed by atoms with van der Waals surface area (Å²) in [5, 5.41) is 2.81. The highest BCUT2D eigenvalue weighted by molar-refractivity contribution is 7.98. The molecule has 0 fully saturated rings. The summed E-state index contributed by atoms with van der Waals surface area (Å²) in [5.74, 6) is -0.749. The Hall–Kier alpha value is -2.27. The molecule has 0 saturated carbocycles. The molecule has 0 radical (unpaired) electrons. The first-order valence-electron chi connectivity index (χ1n) is 6.91. The van der Waals surface area contributed by atoms with Gasteiger partial charge >= 0.3 is 5.97 Å². The first-order valence-corrected chi connectivity index (χ1v) is 8.13. The first-order chi connectivity index (χ1) is 10.7. The number of carbonyl (C=O) groups is 2. The van der Waals surface area contributed by atoms with E-state index in [0.29, 0.717) is 17.7 Å². The average molecular weight is 313 g/mol. The van der Waals surface area contributed by atoms with E-state index in [4.69, 9.17) is 4.74 Å². The van der Waals surface area contributed by atoms with Gasteiger partial charge < -0.3 is 10.1 Å². The summed E-state index contributed by atoms with van der Waals surface area (Å²) < 4.78 is 5.25. The quantitative estimate of drug-likeness (QED) is 0.699. The molecule has 0 aliphatic carbocycles. The van der Waals surface area contributed by atoms with Gasteiger partial charge in [-0.05, 0) is 36.1 Å². The predicted octanol–water partition coefficient (Wildman–Crippen LogP) is 3.13. The van der Waals surface area contributed by atoms with E-state index in [-0.39, 0.29) is 5.91 Å². The number of thioether (sulfide) groups is 1. The van der Waals surface area contributed by atoms with Crippen LogP contribution in [0.2, 0.25) is 0 Å². The van der Waals surface area contributed by atoms with Crippen LogP contribution in [0.25, 0.3) is 0 Å². The maximum Gasteiger partial charge on any atom is 0.339 e. The Morgan fingerprint density at radius 1 is 1.23 bits per heavy atom. The van der Waals surface area contributed by atoms with Crippen molar-refractivity contribution in [1.29, 1.82) is 0 Å². The Labute approximate surface area is 132 Å². The van der Waals surface area contributed by atoms with Gasteiger partial charge in [-0.2, -0.15) is 0 Å². The van der Waals surface area contributed by atoms with Gasteiger partial charge in [0.15, 0.2) is 6.10 Å². The van der Waals surface area contributed by atoms with Crippen LogP contribution in [-0.2, 0) is 16.0 Å². The predicted molar refractivity (Wildman–Crippen MR) is 86.2 cm³/mol. The van der Waals surface area contributed by atoms with Crippen LogP contribution in [0, 0.1) is 0 Å². The molecule has 3 rings (SSSR count). The van der Waals surface area contributed by atoms with E-state index in [2.05, 4.69) is 5.32 Å². The van der Waals surface area contributed by atoms with Crippen molar-refractivity contribution in [2.75, 3.05) is 11.6 Å². The number of carbonyl (C=O) groups excluding carboxylic acids is 2. The standard InChI is InChI=1S/C17H15NO3S/c1-22-13-7-4-6-12(10-13)18-16(19)15-9-11-5-2-3-8-14(11)17(20)21-15/h2-8,10,15H,9H2,1H3,(H,18,19)/t15-/m1/s1. The fraction of sp³-hybridized carbons (Fsp3) is 0.176. The van der Waals surface area contributed by atoms with Gasteiger partial charge in [0, 0.05) is 17.0 Å². The van der Waals surface area contributed by atoms with Gasteiger partial charge in [0.2, 0.25) is 0 Å². The number of anilines is 1. The molecule has 1 aliphatic heterocycles. The second-order valence-corrected chi connectivity index (χ2v) is 5.86. The monoisotopic (exact) mass is 313 g/mol. The average Bonchev–Trinajstić information content (AvgIpc) is 2.55. The Kier molecular flexibility index (Phi) is 4.15. The van der Waals surface area contributed by atoms with E-state index >= 15 is 0 Å². The number of rotatable bonds is 3. The Balaban J connectivity index is 1.75. The molecule has 22 heavy (non-hydrogen) atoms. The molecule has 1 heterocycles. The number of hydrogen-bond donors (Lipinski definition) is 1. The molecule has 0 bridgehead atoms. The van der Waals surface area contributed by atoms with Crippen LogP contribution in [0.3, 0.4) is 0 Å². The molecule has 0 aromatic heterocycles. The van der Waals surface area contributed by atoms with Crippen LogP contribution in [0.15, 0.2) is 53.4 Å². The van der Waals surface area contributed by atoms with Gasteiger partial charge in [-0.15, -0.1) is 11.8 Å². The lowest BCUT2D eigenvalue weighted by Crippen LogP contribution is -2.37. The second kappa shape index (κ2) is 6.23. The fourth-order valence-corrected chi connectivity index (χ4v) is 2.86. The molecule has 1 N–H and O–H groups in total. The largest absolute Gasteiger partial charge is 0.448 e. The molecule has 0 unspecified atom stereocenters. The minimum Gasteiger partial charge on any atom is -0.448 e. The molecule has 0 saturated heterocycles. The highest BCUT2D eigenvalue weighted by Crippen LogP contribution is 2.23. The van der Waals surface area contributed by atoms with E-state index < -0.39 is 12.1 Å². The van der Waals surface area contributed by atoms with Crippen molar-refractivity contribution in [2.45, 2.75) is 17.4 Å². The zero-order chi connectivity index (χ0) is 15.5. The summed E-state index contributed by atoms with van der Waals surface area (Å²) in [7, 11) is 0. The Morgan fingerprint density at radius 3 is 2.86 bits per heavy atom. The summed E-state index contributed by atoms with van der Waals surface area (Å²) in [6.07, 6.45) is 1.58. The van der Waals surface area contributed by atoms with Crippen LogP contribution < -0.4 is 5.32 Å². The van der Waals surface area contributed by atoms with Gasteiger partial charge in [-0.25, -0.2) is 4.79 Å². The number of ether oxygens (including phenoxy) is 1. The summed E-state index contributed by atoms with van der Waals surface area (Å²) >= 11 is 1.60. The van der Waals surface area contributed by atoms with Gasteiger partial charge in [0.1, 0.15) is 0 Å². The van der Waals surface area contributed by atoms with Gasteiger partial charge in [-0.1, -0.05) is 24.3 Å². The number of benzene rings is 2. The number of hydrogen-bond acceptors (Lipinski definition) is 4. The van der Waals surface area contributed by atoms with Crippen LogP contribution in [0.1, 0.15) is 15.9 Å². The van der Waals surface area contributed by atoms with Crippen LogP contribution in [0.4, 0.5) is 5.69 Å². The first kappa shape index (κ1) is 14.7. The normalized spacial score (nSPS) is 16.6. The van der Waals surface area contributed by atoms with Gasteiger partial charge in [0.25, 0.3) is 5.91 Å². The van der Waals surface area contributed by atoms with E-state index in [1.165, 1.54) is 0 Å². The molecule has 4 nitrogen and oxygen atoms in total. The zero-order valence-electron chi connectivity index (χ0n) is 12.0. The molecule has 1 amide bonds. The molecule has 2 aromatic carbocycles. The maximum atomic E-state index is 12.3. The summed E-state index contributed by atoms with van der Waals surface area (Å²) in [4.78, 5) is 25.3. The lowest BCUT2D eigenvalue weighted by molar-refractivity contribution is -0.125. The SMILES string of the molecule is CSc1cccc(NC(=O)[C@H]2Cc3ccccc3C(=O)O2)c1. The molecular weight excluding hydrogens is 298 g/mol. The third-order valence-corrected chi connectivity index (χ3v) is 4.25. The van der Waals surface area contributed by atoms with Crippen molar-refractivity contribution < 1.29 is 14.3 Å². The third kappa shape index (κ3) is 2.99. The second-order valence-electron chi connectivity index (χ2n) is 4.98. The van der Waals surface area contributed by atoms with Gasteiger partial charge in [-0.3, -0.25) is 4.79 Å². The Bertz CT molecular complexity index is 729. The van der Waals surface area contributed by atoms with Crippen molar-refractivity contribution in [3.63, 3.8) is 0 Å². The van der Waals surface area contributed by atoms with Crippen molar-refractivity contribution in [3.05, 3.63) is 59.7 Å². The lowest BCUT2D eigenvalue weighted by atomic mass is 9.98. The molecule has 112 valence electrons. The number of nitrogens with one attached hydrogen (secondary N) is 1. The number of esters is 1. The zero-order valence-corrected chi connectivity index (χ0v) is 12.9. The molecule has 1 atom stereocenters. The van der Waals surface area contributed by atoms with Crippen molar-refractivity contribution in [2.24, 2.45) is 0 Å². The van der Waals surface area contributed by atoms with E-state index in [1.54, 1.807) is 23.9 Å². The number of cyclic esters (lactones) is 1. The minimum atomic E-state index is -0.791. The van der Waals surface area contributed by atoms with E-state index in [0.717, 1.165) is 10.5 Å². The van der Waals surface area contributed by atoms with Crippen molar-refractivity contribution >= 4 is 29.3 Å². The van der Waals surface area contributed by atoms with Crippen LogP contribution in [0.5, 0.6) is 0 Å². The molecular formula is C17H15NO3S. The molecule has 0 spiro atoms. The van der Waals surface area contributed by atoms with Crippen molar-refractivity contribution in [1.82, 2.24) is 0 Å². The summed E-state index contributed by atoms with van der Waals surface area (Å²) in [6, 6.07) is 14.8. The lowest BCUT2D eigenvalue weighted by Gasteiger charge is -2.23. The minimum absolute atomic E-state index is 0.305. The van der Waals surface area contributed by atoms with Gasteiger partial charge in [0.05, 0.1) is 5.56 Å². The molecule has 2 aromatic rings. The van der Waals surface area contributed by atoms with Crippen LogP contribution >= 0.6 is 11.8 Å².